The molecule has 0 amide bonds. The molecule has 1 aliphatic carbocycles. The van der Waals surface area contributed by atoms with Gasteiger partial charge in [-0.05, 0) is 143 Å². The molecule has 0 spiro atoms. The molecule has 0 saturated heterocycles. The molecule has 0 N–H and O–H groups in total. The van der Waals surface area contributed by atoms with Crippen LogP contribution in [0.4, 0.5) is 0 Å². The van der Waals surface area contributed by atoms with Crippen molar-refractivity contribution in [1.29, 1.82) is 0 Å². The number of para-hydroxylation sites is 4. The fourth-order valence-corrected chi connectivity index (χ4v) is 14.5. The van der Waals surface area contributed by atoms with Crippen molar-refractivity contribution in [3.8, 4) is 89.8 Å². The molecular weight excluding hydrogens is 1130 g/mol. The number of benzene rings is 14. The summed E-state index contributed by atoms with van der Waals surface area (Å²) in [5.74, 6) is 1.87. The third-order valence-corrected chi connectivity index (χ3v) is 18.6. The first-order valence-corrected chi connectivity index (χ1v) is 32.1. The van der Waals surface area contributed by atoms with Gasteiger partial charge in [0, 0.05) is 51.2 Å². The molecule has 0 aliphatic heterocycles. The first-order valence-electron chi connectivity index (χ1n) is 32.1. The van der Waals surface area contributed by atoms with Gasteiger partial charge in [0.05, 0.1) is 33.5 Å². The van der Waals surface area contributed by atoms with Crippen LogP contribution in [0.15, 0.2) is 334 Å². The molecule has 93 heavy (non-hydrogen) atoms. The van der Waals surface area contributed by atoms with Gasteiger partial charge in [-0.15, -0.1) is 0 Å². The largest absolute Gasteiger partial charge is 0.309 e. The van der Waals surface area contributed by atoms with Gasteiger partial charge in [0.1, 0.15) is 5.82 Å². The van der Waals surface area contributed by atoms with Crippen LogP contribution < -0.4 is 0 Å². The number of fused-ring (bicyclic) bond motifs is 9. The molecule has 0 atom stereocenters. The molecule has 18 rings (SSSR count). The van der Waals surface area contributed by atoms with Gasteiger partial charge in [-0.3, -0.25) is 4.57 Å². The quantitative estimate of drug-likeness (QED) is 0.128. The Kier molecular flexibility index (Phi) is 13.8. The smallest absolute Gasteiger partial charge is 0.160 e. The average Bonchev–Trinajstić information content (AvgIpc) is 1.68. The normalized spacial score (nSPS) is 11.9. The van der Waals surface area contributed by atoms with E-state index in [0.29, 0.717) is 5.82 Å². The van der Waals surface area contributed by atoms with E-state index in [-0.39, 0.29) is 5.92 Å². The van der Waals surface area contributed by atoms with Gasteiger partial charge in [-0.25, -0.2) is 15.0 Å². The maximum Gasteiger partial charge on any atom is 0.160 e. The second-order valence-electron chi connectivity index (χ2n) is 24.0. The first kappa shape index (κ1) is 55.1. The Labute approximate surface area is 540 Å². The molecule has 17 aromatic rings. The molecule has 438 valence electrons. The minimum Gasteiger partial charge on any atom is -0.309 e. The fourth-order valence-electron chi connectivity index (χ4n) is 14.5. The molecule has 0 fully saturated rings. The summed E-state index contributed by atoms with van der Waals surface area (Å²) in [6.45, 7) is 2.17. The highest BCUT2D eigenvalue weighted by molar-refractivity contribution is 6.21. The van der Waals surface area contributed by atoms with E-state index in [2.05, 4.69) is 325 Å². The Hall–Kier alpha value is -12.1. The number of aromatic nitrogens is 5. The zero-order valence-corrected chi connectivity index (χ0v) is 51.3. The lowest BCUT2D eigenvalue weighted by molar-refractivity contribution is 0.908. The Morgan fingerprint density at radius 1 is 0.290 bits per heavy atom. The molecule has 0 unspecified atom stereocenters. The average molecular weight is 1190 g/mol. The Morgan fingerprint density at radius 3 is 1.26 bits per heavy atom. The lowest BCUT2D eigenvalue weighted by Gasteiger charge is -2.19. The lowest BCUT2D eigenvalue weighted by Crippen LogP contribution is -2.04. The van der Waals surface area contributed by atoms with Crippen molar-refractivity contribution in [2.24, 2.45) is 0 Å². The summed E-state index contributed by atoms with van der Waals surface area (Å²) in [5.41, 5.74) is 25.6. The maximum absolute atomic E-state index is 5.28. The van der Waals surface area contributed by atoms with Gasteiger partial charge in [-0.1, -0.05) is 280 Å². The topological polar surface area (TPSA) is 48.5 Å². The van der Waals surface area contributed by atoms with Gasteiger partial charge in [0.25, 0.3) is 0 Å². The van der Waals surface area contributed by atoms with Gasteiger partial charge in [-0.2, -0.15) is 0 Å². The predicted octanol–water partition coefficient (Wildman–Crippen LogP) is 22.6. The van der Waals surface area contributed by atoms with E-state index < -0.39 is 0 Å². The molecule has 5 nitrogen and oxygen atoms in total. The highest BCUT2D eigenvalue weighted by Gasteiger charge is 2.31. The number of hydrogen-bond acceptors (Lipinski definition) is 3. The van der Waals surface area contributed by atoms with E-state index in [1.165, 1.54) is 105 Å². The number of imidazole rings is 1. The summed E-state index contributed by atoms with van der Waals surface area (Å²) >= 11 is 0. The predicted molar refractivity (Wildman–Crippen MR) is 387 cm³/mol. The van der Waals surface area contributed by atoms with Crippen LogP contribution in [0, 0.1) is 0 Å². The molecule has 0 saturated carbocycles. The monoisotopic (exact) mass is 1190 g/mol. The Balaban J connectivity index is 0.000000144. The fraction of sp³-hybridized carbons (Fsp3) is 0.0341. The summed E-state index contributed by atoms with van der Waals surface area (Å²) in [5, 5.41) is 7.54. The standard InChI is InChI=1S/C47H31N3.C41H30N2/c1-3-15-31(16-4-1)42-30-43(49-47(48-42)32-17-5-2-6-18-32)33-27-34(46-40-23-9-7-19-36(40)37-20-8-10-24-41(37)46)29-35(28-33)50-44-25-13-11-21-38(44)39-22-12-14-26-45(39)50;1-2-39-42-37-18-10-11-19-38(37)43(39)32-26-24-31(25-27-32)41-35-16-8-6-14-33(35)40(34-15-7-9-17-36(34)41)30-22-20-29(21-23-30)28-12-4-3-5-13-28/h1-30,46H;3-27H,2H2,1H3. The highest BCUT2D eigenvalue weighted by Crippen LogP contribution is 2.50. The summed E-state index contributed by atoms with van der Waals surface area (Å²) < 4.78 is 4.71. The van der Waals surface area contributed by atoms with Crippen LogP contribution in [-0.2, 0) is 6.42 Å². The minimum absolute atomic E-state index is 0.0817. The van der Waals surface area contributed by atoms with Crippen LogP contribution in [0.3, 0.4) is 0 Å². The van der Waals surface area contributed by atoms with Crippen molar-refractivity contribution in [3.05, 3.63) is 356 Å². The summed E-state index contributed by atoms with van der Waals surface area (Å²) in [6.07, 6.45) is 0.875. The second-order valence-corrected chi connectivity index (χ2v) is 24.0. The van der Waals surface area contributed by atoms with Gasteiger partial charge >= 0.3 is 0 Å². The van der Waals surface area contributed by atoms with Crippen molar-refractivity contribution in [1.82, 2.24) is 24.1 Å². The minimum atomic E-state index is 0.0817. The van der Waals surface area contributed by atoms with Crippen LogP contribution in [-0.4, -0.2) is 24.1 Å². The molecule has 1 aliphatic rings. The van der Waals surface area contributed by atoms with Crippen LogP contribution >= 0.6 is 0 Å². The molecule has 3 aromatic heterocycles. The number of hydrogen-bond donors (Lipinski definition) is 0. The van der Waals surface area contributed by atoms with Crippen LogP contribution in [0.2, 0.25) is 0 Å². The second kappa shape index (κ2) is 23.4. The Morgan fingerprint density at radius 2 is 0.710 bits per heavy atom. The summed E-state index contributed by atoms with van der Waals surface area (Å²) in [6, 6.07) is 120. The highest BCUT2D eigenvalue weighted by atomic mass is 15.1. The SMILES string of the molecule is CCc1nc2ccccc2n1-c1ccc(-c2c3ccccc3c(-c3ccc(-c4ccccc4)cc3)c3ccccc23)cc1.c1ccc(-c2cc(-c3cc(C4c5ccccc5-c5ccccc54)cc(-n4c5ccccc5c5ccccc54)c3)nc(-c3ccccc3)n2)cc1. The van der Waals surface area contributed by atoms with Gasteiger partial charge in [0.15, 0.2) is 5.82 Å². The van der Waals surface area contributed by atoms with E-state index >= 15 is 0 Å². The van der Waals surface area contributed by atoms with Crippen molar-refractivity contribution in [2.45, 2.75) is 19.3 Å². The van der Waals surface area contributed by atoms with Crippen molar-refractivity contribution in [2.75, 3.05) is 0 Å². The number of rotatable bonds is 10. The molecular formula is C88H61N5. The Bertz CT molecular complexity index is 5440. The third-order valence-electron chi connectivity index (χ3n) is 18.6. The molecule has 5 heteroatoms. The molecule has 14 aromatic carbocycles. The molecule has 3 heterocycles. The zero-order valence-electron chi connectivity index (χ0n) is 51.3. The zero-order chi connectivity index (χ0) is 61.8. The van der Waals surface area contributed by atoms with E-state index in [1.54, 1.807) is 0 Å². The molecule has 0 bridgehead atoms. The number of aryl methyl sites for hydroxylation is 1. The van der Waals surface area contributed by atoms with Crippen molar-refractivity contribution >= 4 is 54.4 Å². The van der Waals surface area contributed by atoms with Crippen molar-refractivity contribution < 1.29 is 0 Å². The van der Waals surface area contributed by atoms with E-state index in [9.17, 15) is 0 Å². The molecule has 0 radical (unpaired) electrons. The first-order chi connectivity index (χ1) is 46.1. The van der Waals surface area contributed by atoms with E-state index in [1.807, 2.05) is 24.3 Å². The van der Waals surface area contributed by atoms with Gasteiger partial charge in [0.2, 0.25) is 0 Å². The van der Waals surface area contributed by atoms with Crippen molar-refractivity contribution in [3.63, 3.8) is 0 Å². The third kappa shape index (κ3) is 9.77. The van der Waals surface area contributed by atoms with E-state index in [0.717, 1.165) is 62.7 Å². The number of nitrogens with zero attached hydrogens (tertiary/aromatic N) is 5. The van der Waals surface area contributed by atoms with Crippen LogP contribution in [0.5, 0.6) is 0 Å². The van der Waals surface area contributed by atoms with Crippen LogP contribution in [0.1, 0.15) is 35.4 Å². The van der Waals surface area contributed by atoms with Gasteiger partial charge < -0.3 is 4.57 Å². The van der Waals surface area contributed by atoms with Crippen LogP contribution in [0.25, 0.3) is 144 Å². The summed E-state index contributed by atoms with van der Waals surface area (Å²) in [7, 11) is 0. The lowest BCUT2D eigenvalue weighted by atomic mass is 9.85. The summed E-state index contributed by atoms with van der Waals surface area (Å²) in [4.78, 5) is 15.3. The van der Waals surface area contributed by atoms with E-state index in [4.69, 9.17) is 15.0 Å². The maximum atomic E-state index is 5.28.